The van der Waals surface area contributed by atoms with Gasteiger partial charge in [0.05, 0.1) is 6.61 Å². The predicted molar refractivity (Wildman–Crippen MR) is 85.5 cm³/mol. The summed E-state index contributed by atoms with van der Waals surface area (Å²) in [5, 5.41) is 2.73. The third-order valence-corrected chi connectivity index (χ3v) is 3.12. The minimum absolute atomic E-state index is 0.115. The fourth-order valence-corrected chi connectivity index (χ4v) is 1.94. The van der Waals surface area contributed by atoms with Gasteiger partial charge in [0.25, 0.3) is 5.56 Å². The highest BCUT2D eigenvalue weighted by atomic mass is 16.5. The molecule has 0 fully saturated rings. The lowest BCUT2D eigenvalue weighted by Crippen LogP contribution is -2.35. The molecule has 0 unspecified atom stereocenters. The van der Waals surface area contributed by atoms with Crippen LogP contribution in [0, 0.1) is 0 Å². The van der Waals surface area contributed by atoms with Gasteiger partial charge in [-0.3, -0.25) is 19.1 Å². The van der Waals surface area contributed by atoms with Gasteiger partial charge in [0.2, 0.25) is 5.91 Å². The molecule has 1 amide bonds. The van der Waals surface area contributed by atoms with E-state index in [2.05, 4.69) is 10.3 Å². The minimum Gasteiger partial charge on any atom is -0.494 e. The molecule has 7 nitrogen and oxygen atoms in total. The molecule has 0 atom stereocenters. The van der Waals surface area contributed by atoms with Crippen molar-refractivity contribution in [1.82, 2.24) is 14.9 Å². The van der Waals surface area contributed by atoms with E-state index in [9.17, 15) is 14.4 Å². The first-order valence-corrected chi connectivity index (χ1v) is 7.39. The van der Waals surface area contributed by atoms with Crippen LogP contribution in [0.5, 0.6) is 5.75 Å². The smallest absolute Gasteiger partial charge is 0.328 e. The van der Waals surface area contributed by atoms with E-state index in [0.29, 0.717) is 13.2 Å². The van der Waals surface area contributed by atoms with E-state index < -0.39 is 11.2 Å². The molecular formula is C16H19N3O4. The monoisotopic (exact) mass is 317 g/mol. The summed E-state index contributed by atoms with van der Waals surface area (Å²) in [6, 6.07) is 10.7. The molecule has 0 spiro atoms. The normalized spacial score (nSPS) is 10.3. The molecule has 0 aliphatic carbocycles. The Kier molecular flexibility index (Phi) is 6.17. The molecule has 2 N–H and O–H groups in total. The predicted octanol–water partition coefficient (Wildman–Crippen LogP) is 0.512. The first-order valence-electron chi connectivity index (χ1n) is 7.39. The summed E-state index contributed by atoms with van der Waals surface area (Å²) in [5.41, 5.74) is -1.08. The molecular weight excluding hydrogens is 298 g/mol. The fraction of sp³-hybridized carbons (Fsp3) is 0.312. The third kappa shape index (κ3) is 5.82. The Balaban J connectivity index is 1.61. The number of aromatic nitrogens is 2. The summed E-state index contributed by atoms with van der Waals surface area (Å²) in [6.07, 6.45) is 2.89. The van der Waals surface area contributed by atoms with Crippen LogP contribution in [0.4, 0.5) is 0 Å². The molecule has 1 heterocycles. The molecule has 23 heavy (non-hydrogen) atoms. The maximum Gasteiger partial charge on any atom is 0.328 e. The zero-order valence-corrected chi connectivity index (χ0v) is 12.7. The lowest BCUT2D eigenvalue weighted by atomic mass is 10.3. The Labute approximate surface area is 132 Å². The van der Waals surface area contributed by atoms with Crippen LogP contribution < -0.4 is 21.3 Å². The largest absolute Gasteiger partial charge is 0.494 e. The fourth-order valence-electron chi connectivity index (χ4n) is 1.94. The Hall–Kier alpha value is -2.83. The van der Waals surface area contributed by atoms with E-state index in [1.54, 1.807) is 0 Å². The summed E-state index contributed by atoms with van der Waals surface area (Å²) in [5.74, 6) is 0.553. The second-order valence-corrected chi connectivity index (χ2v) is 4.96. The van der Waals surface area contributed by atoms with Crippen molar-refractivity contribution in [1.29, 1.82) is 0 Å². The van der Waals surface area contributed by atoms with Crippen LogP contribution in [-0.4, -0.2) is 28.6 Å². The van der Waals surface area contributed by atoms with Gasteiger partial charge in [-0.25, -0.2) is 4.79 Å². The SMILES string of the molecule is O=C(Cn1ccc(=O)[nH]c1=O)NCCCCOc1ccccc1. The molecule has 2 aromatic rings. The molecule has 0 aliphatic heterocycles. The van der Waals surface area contributed by atoms with Crippen molar-refractivity contribution >= 4 is 5.91 Å². The van der Waals surface area contributed by atoms with Gasteiger partial charge in [-0.2, -0.15) is 0 Å². The number of carbonyl (C=O) groups excluding carboxylic acids is 1. The zero-order valence-electron chi connectivity index (χ0n) is 12.7. The number of rotatable bonds is 8. The van der Waals surface area contributed by atoms with Crippen LogP contribution in [-0.2, 0) is 11.3 Å². The van der Waals surface area contributed by atoms with Gasteiger partial charge in [-0.05, 0) is 25.0 Å². The molecule has 0 saturated carbocycles. The number of benzene rings is 1. The van der Waals surface area contributed by atoms with Gasteiger partial charge < -0.3 is 10.1 Å². The maximum atomic E-state index is 11.7. The molecule has 0 radical (unpaired) electrons. The second-order valence-electron chi connectivity index (χ2n) is 4.96. The highest BCUT2D eigenvalue weighted by Crippen LogP contribution is 2.08. The van der Waals surface area contributed by atoms with E-state index in [1.807, 2.05) is 30.3 Å². The molecule has 1 aromatic heterocycles. The topological polar surface area (TPSA) is 93.2 Å². The van der Waals surface area contributed by atoms with E-state index in [-0.39, 0.29) is 12.5 Å². The summed E-state index contributed by atoms with van der Waals surface area (Å²) < 4.78 is 6.69. The number of amides is 1. The van der Waals surface area contributed by atoms with Crippen LogP contribution in [0.2, 0.25) is 0 Å². The Morgan fingerprint density at radius 2 is 1.91 bits per heavy atom. The van der Waals surface area contributed by atoms with E-state index in [0.717, 1.165) is 23.2 Å². The van der Waals surface area contributed by atoms with Gasteiger partial charge in [-0.15, -0.1) is 0 Å². The van der Waals surface area contributed by atoms with E-state index in [1.165, 1.54) is 12.3 Å². The first-order chi connectivity index (χ1) is 11.1. The van der Waals surface area contributed by atoms with Crippen LogP contribution >= 0.6 is 0 Å². The third-order valence-electron chi connectivity index (χ3n) is 3.12. The number of ether oxygens (including phenoxy) is 1. The van der Waals surface area contributed by atoms with E-state index >= 15 is 0 Å². The number of H-pyrrole nitrogens is 1. The van der Waals surface area contributed by atoms with Crippen molar-refractivity contribution in [3.05, 3.63) is 63.4 Å². The lowest BCUT2D eigenvalue weighted by Gasteiger charge is -2.08. The van der Waals surface area contributed by atoms with Crippen molar-refractivity contribution in [3.8, 4) is 5.75 Å². The Bertz CT molecular complexity index is 737. The summed E-state index contributed by atoms with van der Waals surface area (Å²) in [4.78, 5) is 36.2. The van der Waals surface area contributed by atoms with Gasteiger partial charge in [-0.1, -0.05) is 18.2 Å². The average Bonchev–Trinajstić information content (AvgIpc) is 2.54. The number of unbranched alkanes of at least 4 members (excludes halogenated alkanes) is 1. The quantitative estimate of drug-likeness (QED) is 0.694. The number of hydrogen-bond donors (Lipinski definition) is 2. The molecule has 7 heteroatoms. The van der Waals surface area contributed by atoms with Crippen LogP contribution in [0.25, 0.3) is 0 Å². The van der Waals surface area contributed by atoms with Crippen molar-refractivity contribution < 1.29 is 9.53 Å². The van der Waals surface area contributed by atoms with Gasteiger partial charge >= 0.3 is 5.69 Å². The minimum atomic E-state index is -0.594. The highest BCUT2D eigenvalue weighted by Gasteiger charge is 2.04. The summed E-state index contributed by atoms with van der Waals surface area (Å²) >= 11 is 0. The Morgan fingerprint density at radius 1 is 1.13 bits per heavy atom. The molecule has 2 rings (SSSR count). The number of nitrogens with zero attached hydrogens (tertiary/aromatic N) is 1. The molecule has 0 aliphatic rings. The van der Waals surface area contributed by atoms with Crippen molar-refractivity contribution in [3.63, 3.8) is 0 Å². The summed E-state index contributed by atoms with van der Waals surface area (Å²) in [7, 11) is 0. The molecule has 122 valence electrons. The van der Waals surface area contributed by atoms with E-state index in [4.69, 9.17) is 4.74 Å². The average molecular weight is 317 g/mol. The van der Waals surface area contributed by atoms with Crippen LogP contribution in [0.15, 0.2) is 52.2 Å². The van der Waals surface area contributed by atoms with Crippen molar-refractivity contribution in [2.75, 3.05) is 13.2 Å². The number of hydrogen-bond acceptors (Lipinski definition) is 4. The number of aromatic amines is 1. The molecule has 0 bridgehead atoms. The van der Waals surface area contributed by atoms with Gasteiger partial charge in [0.15, 0.2) is 0 Å². The number of para-hydroxylation sites is 1. The molecule has 0 saturated heterocycles. The van der Waals surface area contributed by atoms with Crippen molar-refractivity contribution in [2.24, 2.45) is 0 Å². The zero-order chi connectivity index (χ0) is 16.5. The van der Waals surface area contributed by atoms with Gasteiger partial charge in [0.1, 0.15) is 12.3 Å². The van der Waals surface area contributed by atoms with Crippen LogP contribution in [0.1, 0.15) is 12.8 Å². The number of carbonyl (C=O) groups is 1. The lowest BCUT2D eigenvalue weighted by molar-refractivity contribution is -0.121. The highest BCUT2D eigenvalue weighted by molar-refractivity contribution is 5.75. The van der Waals surface area contributed by atoms with Gasteiger partial charge in [0, 0.05) is 18.8 Å². The maximum absolute atomic E-state index is 11.7. The first kappa shape index (κ1) is 16.5. The summed E-state index contributed by atoms with van der Waals surface area (Å²) in [6.45, 7) is 0.977. The van der Waals surface area contributed by atoms with Crippen molar-refractivity contribution in [2.45, 2.75) is 19.4 Å². The van der Waals surface area contributed by atoms with Crippen LogP contribution in [0.3, 0.4) is 0 Å². The Morgan fingerprint density at radius 3 is 2.65 bits per heavy atom. The standard InChI is InChI=1S/C16H19N3O4/c20-14-8-10-19(16(22)18-14)12-15(21)17-9-4-5-11-23-13-6-2-1-3-7-13/h1-3,6-8,10H,4-5,9,11-12H2,(H,17,21)(H,18,20,22). The number of nitrogens with one attached hydrogen (secondary N) is 2. The second kappa shape index (κ2) is 8.57. The molecule has 1 aromatic carbocycles.